The summed E-state index contributed by atoms with van der Waals surface area (Å²) in [6.45, 7) is 10.2. The fourth-order valence-electron chi connectivity index (χ4n) is 4.24. The van der Waals surface area contributed by atoms with Crippen molar-refractivity contribution in [1.82, 2.24) is 10.2 Å². The number of benzene rings is 3. The molecular weight excluding hydrogens is 456 g/mol. The van der Waals surface area contributed by atoms with Crippen molar-refractivity contribution in [2.75, 3.05) is 0 Å². The van der Waals surface area contributed by atoms with E-state index in [1.807, 2.05) is 101 Å². The molecule has 1 atom stereocenters. The standard InChI is InChI=1S/C30H35ClN2O2/c1-21-15-22(2)17-25(16-21)19-28(34)33(20-24-11-13-26(31)14-12-24)27(29(35)32-30(3,4)5)18-23-9-7-6-8-10-23/h6-17,27H,18-20H2,1-5H3,(H,32,35)/t27-/m1/s1. The second-order valence-electron chi connectivity index (χ2n) is 10.3. The van der Waals surface area contributed by atoms with Crippen molar-refractivity contribution >= 4 is 23.4 Å². The van der Waals surface area contributed by atoms with Crippen molar-refractivity contribution in [3.05, 3.63) is 106 Å². The maximum Gasteiger partial charge on any atom is 0.243 e. The zero-order chi connectivity index (χ0) is 25.6. The van der Waals surface area contributed by atoms with Crippen LogP contribution in [-0.4, -0.2) is 28.3 Å². The highest BCUT2D eigenvalue weighted by molar-refractivity contribution is 6.30. The molecule has 0 unspecified atom stereocenters. The van der Waals surface area contributed by atoms with Gasteiger partial charge in [-0.2, -0.15) is 0 Å². The van der Waals surface area contributed by atoms with Crippen LogP contribution in [0.25, 0.3) is 0 Å². The van der Waals surface area contributed by atoms with E-state index in [1.165, 1.54) is 0 Å². The fraction of sp³-hybridized carbons (Fsp3) is 0.333. The molecule has 4 nitrogen and oxygen atoms in total. The van der Waals surface area contributed by atoms with Crippen LogP contribution in [0.2, 0.25) is 5.02 Å². The van der Waals surface area contributed by atoms with Gasteiger partial charge in [0.2, 0.25) is 11.8 Å². The van der Waals surface area contributed by atoms with Crippen LogP contribution in [0.15, 0.2) is 72.8 Å². The van der Waals surface area contributed by atoms with Crippen molar-refractivity contribution in [3.8, 4) is 0 Å². The first-order valence-electron chi connectivity index (χ1n) is 12.0. The van der Waals surface area contributed by atoms with Crippen LogP contribution >= 0.6 is 11.6 Å². The Labute approximate surface area is 214 Å². The minimum absolute atomic E-state index is 0.0880. The number of hydrogen-bond donors (Lipinski definition) is 1. The van der Waals surface area contributed by atoms with Crippen molar-refractivity contribution in [2.24, 2.45) is 0 Å². The fourth-order valence-corrected chi connectivity index (χ4v) is 4.37. The molecule has 3 aromatic rings. The van der Waals surface area contributed by atoms with Gasteiger partial charge in [-0.3, -0.25) is 9.59 Å². The van der Waals surface area contributed by atoms with Gasteiger partial charge >= 0.3 is 0 Å². The Morgan fingerprint density at radius 1 is 0.857 bits per heavy atom. The Morgan fingerprint density at radius 2 is 1.46 bits per heavy atom. The molecule has 0 bridgehead atoms. The molecular formula is C30H35ClN2O2. The average Bonchev–Trinajstić information content (AvgIpc) is 2.76. The molecule has 0 heterocycles. The van der Waals surface area contributed by atoms with Crippen LogP contribution in [-0.2, 0) is 29.0 Å². The second-order valence-corrected chi connectivity index (χ2v) is 10.7. The van der Waals surface area contributed by atoms with Gasteiger partial charge in [-0.1, -0.05) is 83.4 Å². The van der Waals surface area contributed by atoms with Crippen LogP contribution in [0, 0.1) is 13.8 Å². The first-order valence-corrected chi connectivity index (χ1v) is 12.3. The lowest BCUT2D eigenvalue weighted by atomic mass is 9.99. The number of hydrogen-bond acceptors (Lipinski definition) is 2. The molecule has 0 saturated heterocycles. The molecule has 0 aliphatic heterocycles. The zero-order valence-electron chi connectivity index (χ0n) is 21.3. The summed E-state index contributed by atoms with van der Waals surface area (Å²) in [6, 6.07) is 22.8. The van der Waals surface area contributed by atoms with Crippen molar-refractivity contribution < 1.29 is 9.59 Å². The minimum atomic E-state index is -0.661. The molecule has 0 spiro atoms. The van der Waals surface area contributed by atoms with Gasteiger partial charge in [-0.15, -0.1) is 0 Å². The Kier molecular flexibility index (Phi) is 8.74. The lowest BCUT2D eigenvalue weighted by molar-refractivity contribution is -0.141. The van der Waals surface area contributed by atoms with Crippen molar-refractivity contribution in [1.29, 1.82) is 0 Å². The number of nitrogens with zero attached hydrogens (tertiary/aromatic N) is 1. The van der Waals surface area contributed by atoms with Gasteiger partial charge in [-0.25, -0.2) is 0 Å². The average molecular weight is 491 g/mol. The van der Waals surface area contributed by atoms with E-state index < -0.39 is 11.6 Å². The van der Waals surface area contributed by atoms with Crippen LogP contribution in [0.3, 0.4) is 0 Å². The second kappa shape index (κ2) is 11.5. The summed E-state index contributed by atoms with van der Waals surface area (Å²) < 4.78 is 0. The Morgan fingerprint density at radius 3 is 2.03 bits per heavy atom. The molecule has 5 heteroatoms. The molecule has 0 aliphatic carbocycles. The van der Waals surface area contributed by atoms with E-state index in [-0.39, 0.29) is 18.2 Å². The first-order chi connectivity index (χ1) is 16.5. The third-order valence-corrected chi connectivity index (χ3v) is 5.92. The summed E-state index contributed by atoms with van der Waals surface area (Å²) in [6.07, 6.45) is 0.652. The van der Waals surface area contributed by atoms with Gasteiger partial charge in [0.15, 0.2) is 0 Å². The van der Waals surface area contributed by atoms with Crippen LogP contribution in [0.5, 0.6) is 0 Å². The maximum atomic E-state index is 13.8. The smallest absolute Gasteiger partial charge is 0.243 e. The maximum absolute atomic E-state index is 13.8. The molecule has 184 valence electrons. The monoisotopic (exact) mass is 490 g/mol. The molecule has 1 N–H and O–H groups in total. The van der Waals surface area contributed by atoms with E-state index in [0.29, 0.717) is 18.0 Å². The molecule has 0 aliphatic rings. The number of carbonyl (C=O) groups excluding carboxylic acids is 2. The Bertz CT molecular complexity index is 1130. The number of carbonyl (C=O) groups is 2. The third-order valence-electron chi connectivity index (χ3n) is 5.67. The summed E-state index contributed by atoms with van der Waals surface area (Å²) in [5.74, 6) is -0.251. The SMILES string of the molecule is Cc1cc(C)cc(CC(=O)N(Cc2ccc(Cl)cc2)[C@H](Cc2ccccc2)C(=O)NC(C)(C)C)c1. The van der Waals surface area contributed by atoms with E-state index in [2.05, 4.69) is 11.4 Å². The number of amides is 2. The highest BCUT2D eigenvalue weighted by atomic mass is 35.5. The summed E-state index contributed by atoms with van der Waals surface area (Å²) in [5.41, 5.74) is 4.68. The summed E-state index contributed by atoms with van der Waals surface area (Å²) in [7, 11) is 0. The van der Waals surface area contributed by atoms with Gasteiger partial charge in [0.1, 0.15) is 6.04 Å². The van der Waals surface area contributed by atoms with Gasteiger partial charge in [-0.05, 0) is 63.4 Å². The molecule has 35 heavy (non-hydrogen) atoms. The zero-order valence-corrected chi connectivity index (χ0v) is 22.0. The van der Waals surface area contributed by atoms with Gasteiger partial charge in [0.05, 0.1) is 6.42 Å². The number of aryl methyl sites for hydroxylation is 2. The number of halogens is 1. The van der Waals surface area contributed by atoms with Crippen LogP contribution < -0.4 is 5.32 Å². The van der Waals surface area contributed by atoms with Gasteiger partial charge < -0.3 is 10.2 Å². The molecule has 3 aromatic carbocycles. The van der Waals surface area contributed by atoms with E-state index in [0.717, 1.165) is 27.8 Å². The molecule has 0 radical (unpaired) electrons. The summed E-state index contributed by atoms with van der Waals surface area (Å²) in [5, 5.41) is 3.73. The Hall–Kier alpha value is -3.11. The molecule has 3 rings (SSSR count). The highest BCUT2D eigenvalue weighted by Crippen LogP contribution is 2.19. The first kappa shape index (κ1) is 26.5. The Balaban J connectivity index is 2.00. The lowest BCUT2D eigenvalue weighted by Gasteiger charge is -2.34. The number of nitrogens with one attached hydrogen (secondary N) is 1. The third kappa shape index (κ3) is 8.25. The topological polar surface area (TPSA) is 49.4 Å². The molecule has 0 saturated carbocycles. The van der Waals surface area contributed by atoms with Gasteiger partial charge in [0.25, 0.3) is 0 Å². The van der Waals surface area contributed by atoms with E-state index >= 15 is 0 Å². The van der Waals surface area contributed by atoms with Crippen LogP contribution in [0.1, 0.15) is 48.6 Å². The normalized spacial score (nSPS) is 12.2. The molecule has 0 aromatic heterocycles. The van der Waals surface area contributed by atoms with Crippen LogP contribution in [0.4, 0.5) is 0 Å². The molecule has 0 fully saturated rings. The molecule has 2 amide bonds. The minimum Gasteiger partial charge on any atom is -0.350 e. The largest absolute Gasteiger partial charge is 0.350 e. The summed E-state index contributed by atoms with van der Waals surface area (Å²) in [4.78, 5) is 29.1. The lowest BCUT2D eigenvalue weighted by Crippen LogP contribution is -2.54. The van der Waals surface area contributed by atoms with E-state index in [1.54, 1.807) is 4.90 Å². The highest BCUT2D eigenvalue weighted by Gasteiger charge is 2.32. The predicted octanol–water partition coefficient (Wildman–Crippen LogP) is 6.05. The quantitative estimate of drug-likeness (QED) is 0.417. The van der Waals surface area contributed by atoms with Crippen molar-refractivity contribution in [2.45, 2.75) is 65.6 Å². The number of rotatable bonds is 8. The van der Waals surface area contributed by atoms with E-state index in [9.17, 15) is 9.59 Å². The van der Waals surface area contributed by atoms with Gasteiger partial charge in [0, 0.05) is 23.5 Å². The van der Waals surface area contributed by atoms with E-state index in [4.69, 9.17) is 11.6 Å². The predicted molar refractivity (Wildman–Crippen MR) is 143 cm³/mol. The van der Waals surface area contributed by atoms with Crippen molar-refractivity contribution in [3.63, 3.8) is 0 Å². The summed E-state index contributed by atoms with van der Waals surface area (Å²) >= 11 is 6.10.